The fourth-order valence-electron chi connectivity index (χ4n) is 0.692. The third-order valence-corrected chi connectivity index (χ3v) is 3.97. The Kier molecular flexibility index (Phi) is 2.75. The molecule has 2 fully saturated rings. The molecule has 0 N–H and O–H groups in total. The molecule has 0 amide bonds. The lowest BCUT2D eigenvalue weighted by atomic mass is 10.6. The number of epoxide rings is 2. The molecule has 11 heavy (non-hydrogen) atoms. The van der Waals surface area contributed by atoms with E-state index >= 15 is 0 Å². The molecule has 2 atom stereocenters. The maximum Gasteiger partial charge on any atom is 0.217 e. The molecule has 2 heterocycles. The summed E-state index contributed by atoms with van der Waals surface area (Å²) in [5.74, 6) is 0. The van der Waals surface area contributed by atoms with Crippen LogP contribution in [0.1, 0.15) is 0 Å². The summed E-state index contributed by atoms with van der Waals surface area (Å²) in [5.41, 5.74) is 0. The summed E-state index contributed by atoms with van der Waals surface area (Å²) < 4.78 is 15.5. The van der Waals surface area contributed by atoms with Crippen LogP contribution in [0.5, 0.6) is 0 Å². The van der Waals surface area contributed by atoms with Gasteiger partial charge in [-0.3, -0.25) is 0 Å². The van der Waals surface area contributed by atoms with Gasteiger partial charge in [-0.05, 0) is 12.1 Å². The van der Waals surface area contributed by atoms with E-state index in [0.29, 0.717) is 31.7 Å². The molecule has 0 spiro atoms. The summed E-state index contributed by atoms with van der Waals surface area (Å²) in [6.07, 6.45) is 1.05. The number of hydrogen-bond donors (Lipinski definition) is 0. The third-order valence-electron chi connectivity index (χ3n) is 1.57. The summed E-state index contributed by atoms with van der Waals surface area (Å²) >= 11 is 0. The summed E-state index contributed by atoms with van der Waals surface area (Å²) in [5, 5.41) is 0. The normalized spacial score (nSPS) is 33.8. The number of ether oxygens (including phenoxy) is 2. The highest BCUT2D eigenvalue weighted by atomic mass is 28.3. The van der Waals surface area contributed by atoms with E-state index in [-0.39, 0.29) is 0 Å². The van der Waals surface area contributed by atoms with Crippen molar-refractivity contribution in [3.63, 3.8) is 0 Å². The van der Waals surface area contributed by atoms with Crippen molar-refractivity contribution < 1.29 is 13.6 Å². The van der Waals surface area contributed by atoms with Crippen molar-refractivity contribution in [1.82, 2.24) is 0 Å². The second-order valence-corrected chi connectivity index (χ2v) is 4.92. The van der Waals surface area contributed by atoms with Crippen LogP contribution in [0.15, 0.2) is 0 Å². The Balaban J connectivity index is 1.35. The van der Waals surface area contributed by atoms with Gasteiger partial charge < -0.3 is 13.6 Å². The Morgan fingerprint density at radius 3 is 1.91 bits per heavy atom. The zero-order valence-electron chi connectivity index (χ0n) is 6.21. The second kappa shape index (κ2) is 3.82. The first kappa shape index (κ1) is 7.94. The zero-order chi connectivity index (χ0) is 7.52. The smallest absolute Gasteiger partial charge is 0.217 e. The highest BCUT2D eigenvalue weighted by Gasteiger charge is 2.24. The second-order valence-electron chi connectivity index (χ2n) is 2.71. The Morgan fingerprint density at radius 1 is 1.09 bits per heavy atom. The van der Waals surface area contributed by atoms with Gasteiger partial charge in [0.1, 0.15) is 0 Å². The summed E-state index contributed by atoms with van der Waals surface area (Å²) in [6, 6.07) is 2.19. The molecule has 2 rings (SSSR count). The first-order chi connectivity index (χ1) is 5.45. The van der Waals surface area contributed by atoms with Gasteiger partial charge in [-0.25, -0.2) is 0 Å². The first-order valence-electron chi connectivity index (χ1n) is 3.80. The van der Waals surface area contributed by atoms with Crippen LogP contribution in [-0.2, 0) is 13.6 Å². The maximum atomic E-state index is 5.43. The van der Waals surface area contributed by atoms with Crippen LogP contribution in [0.3, 0.4) is 0 Å². The SMILES string of the molecule is C1OC1C[Si]O[Si]CC1CO1. The molecule has 2 saturated heterocycles. The molecule has 2 unspecified atom stereocenters. The largest absolute Gasteiger partial charge is 0.457 e. The van der Waals surface area contributed by atoms with Crippen molar-refractivity contribution in [3.8, 4) is 0 Å². The number of hydrogen-bond acceptors (Lipinski definition) is 3. The molecule has 0 bridgehead atoms. The molecule has 2 aliphatic rings. The lowest BCUT2D eigenvalue weighted by molar-refractivity contribution is 0.415. The highest BCUT2D eigenvalue weighted by molar-refractivity contribution is 6.42. The zero-order valence-corrected chi connectivity index (χ0v) is 8.21. The van der Waals surface area contributed by atoms with E-state index in [2.05, 4.69) is 0 Å². The molecule has 3 nitrogen and oxygen atoms in total. The van der Waals surface area contributed by atoms with Gasteiger partial charge in [-0.2, -0.15) is 0 Å². The van der Waals surface area contributed by atoms with E-state index < -0.39 is 0 Å². The van der Waals surface area contributed by atoms with Gasteiger partial charge in [0.15, 0.2) is 0 Å². The Morgan fingerprint density at radius 2 is 1.55 bits per heavy atom. The molecule has 0 aromatic rings. The Labute approximate surface area is 71.3 Å². The summed E-state index contributed by atoms with van der Waals surface area (Å²) in [4.78, 5) is 0. The minimum absolute atomic E-state index is 0.523. The van der Waals surface area contributed by atoms with Crippen LogP contribution >= 0.6 is 0 Å². The molecule has 2 aliphatic heterocycles. The van der Waals surface area contributed by atoms with Crippen LogP contribution in [0, 0.1) is 0 Å². The van der Waals surface area contributed by atoms with Crippen LogP contribution < -0.4 is 0 Å². The van der Waals surface area contributed by atoms with Gasteiger partial charge >= 0.3 is 0 Å². The van der Waals surface area contributed by atoms with Crippen molar-refractivity contribution in [1.29, 1.82) is 0 Å². The molecular weight excluding hydrogens is 176 g/mol. The molecule has 60 valence electrons. The van der Waals surface area contributed by atoms with Gasteiger partial charge in [0.25, 0.3) is 0 Å². The standard InChI is InChI=1S/C6H10O3Si2/c1-5(7-1)3-10-9-11-4-6-2-8-6/h5-6H,1-4H2. The molecule has 0 aromatic heterocycles. The lowest BCUT2D eigenvalue weighted by Gasteiger charge is -1.96. The minimum atomic E-state index is 0.523. The number of rotatable bonds is 6. The molecular formula is C6H10O3Si2. The van der Waals surface area contributed by atoms with E-state index in [9.17, 15) is 0 Å². The van der Waals surface area contributed by atoms with E-state index in [0.717, 1.165) is 25.3 Å². The summed E-state index contributed by atoms with van der Waals surface area (Å²) in [6.45, 7) is 1.90. The van der Waals surface area contributed by atoms with Crippen molar-refractivity contribution in [2.24, 2.45) is 0 Å². The van der Waals surface area contributed by atoms with E-state index in [4.69, 9.17) is 13.6 Å². The van der Waals surface area contributed by atoms with Gasteiger partial charge in [0.05, 0.1) is 25.4 Å². The van der Waals surface area contributed by atoms with E-state index in [1.54, 1.807) is 0 Å². The fraction of sp³-hybridized carbons (Fsp3) is 1.00. The molecule has 4 radical (unpaired) electrons. The fourth-order valence-corrected chi connectivity index (χ4v) is 2.61. The summed E-state index contributed by atoms with van der Waals surface area (Å²) in [7, 11) is 1.27. The average Bonchev–Trinajstić information content (AvgIpc) is 2.83. The van der Waals surface area contributed by atoms with Crippen molar-refractivity contribution in [3.05, 3.63) is 0 Å². The van der Waals surface area contributed by atoms with Gasteiger partial charge in [-0.15, -0.1) is 0 Å². The third kappa shape index (κ3) is 3.48. The van der Waals surface area contributed by atoms with Crippen LogP contribution in [-0.4, -0.2) is 44.9 Å². The van der Waals surface area contributed by atoms with Crippen molar-refractivity contribution in [2.45, 2.75) is 24.3 Å². The molecule has 0 aromatic carbocycles. The Bertz CT molecular complexity index is 111. The maximum absolute atomic E-state index is 5.43. The molecule has 5 heteroatoms. The monoisotopic (exact) mass is 186 g/mol. The molecule has 0 saturated carbocycles. The molecule has 0 aliphatic carbocycles. The average molecular weight is 186 g/mol. The van der Waals surface area contributed by atoms with Gasteiger partial charge in [0.2, 0.25) is 19.5 Å². The van der Waals surface area contributed by atoms with E-state index in [1.807, 2.05) is 0 Å². The van der Waals surface area contributed by atoms with Gasteiger partial charge in [-0.1, -0.05) is 0 Å². The van der Waals surface area contributed by atoms with Crippen LogP contribution in [0.2, 0.25) is 12.1 Å². The highest BCUT2D eigenvalue weighted by Crippen LogP contribution is 2.14. The Hall–Kier alpha value is 0.314. The van der Waals surface area contributed by atoms with Gasteiger partial charge in [0, 0.05) is 0 Å². The quantitative estimate of drug-likeness (QED) is 0.329. The predicted molar refractivity (Wildman–Crippen MR) is 41.7 cm³/mol. The minimum Gasteiger partial charge on any atom is -0.457 e. The van der Waals surface area contributed by atoms with Crippen LogP contribution in [0.25, 0.3) is 0 Å². The van der Waals surface area contributed by atoms with Crippen molar-refractivity contribution in [2.75, 3.05) is 13.2 Å². The van der Waals surface area contributed by atoms with Crippen molar-refractivity contribution >= 4 is 19.5 Å². The lowest BCUT2D eigenvalue weighted by Crippen LogP contribution is -2.07. The first-order valence-corrected chi connectivity index (χ1v) is 6.03. The van der Waals surface area contributed by atoms with E-state index in [1.165, 1.54) is 0 Å². The topological polar surface area (TPSA) is 34.3 Å². The predicted octanol–water partition coefficient (Wildman–Crippen LogP) is -0.124. The van der Waals surface area contributed by atoms with Crippen LogP contribution in [0.4, 0.5) is 0 Å².